The van der Waals surface area contributed by atoms with E-state index >= 15 is 0 Å². The Hall–Kier alpha value is -1.09. The highest BCUT2D eigenvalue weighted by atomic mass is 32.1. The van der Waals surface area contributed by atoms with Crippen molar-refractivity contribution >= 4 is 23.0 Å². The molecule has 1 aromatic rings. The number of aryl methyl sites for hydroxylation is 1. The number of benzene rings is 1. The molecule has 1 aromatic carbocycles. The quantitative estimate of drug-likeness (QED) is 0.810. The number of nitrogens with one attached hydrogen (secondary N) is 2. The van der Waals surface area contributed by atoms with Crippen molar-refractivity contribution in [3.63, 3.8) is 0 Å². The maximum Gasteiger partial charge on any atom is 0.170 e. The Morgan fingerprint density at radius 2 is 1.95 bits per heavy atom. The van der Waals surface area contributed by atoms with Crippen molar-refractivity contribution in [1.82, 2.24) is 5.32 Å². The molecule has 0 spiro atoms. The second-order valence-electron chi connectivity index (χ2n) is 5.59. The lowest BCUT2D eigenvalue weighted by atomic mass is 9.89. The van der Waals surface area contributed by atoms with Crippen molar-refractivity contribution in [3.05, 3.63) is 29.3 Å². The van der Waals surface area contributed by atoms with Gasteiger partial charge in [-0.25, -0.2) is 0 Å². The molecule has 2 nitrogen and oxygen atoms in total. The summed E-state index contributed by atoms with van der Waals surface area (Å²) in [5.74, 6) is 0.798. The van der Waals surface area contributed by atoms with Crippen LogP contribution in [0.2, 0.25) is 0 Å². The predicted molar refractivity (Wildman–Crippen MR) is 86.7 cm³/mol. The summed E-state index contributed by atoms with van der Waals surface area (Å²) in [7, 11) is 0. The van der Waals surface area contributed by atoms with Crippen LogP contribution in [0.4, 0.5) is 5.69 Å². The molecular formula is C16H24N2S. The van der Waals surface area contributed by atoms with E-state index in [0.717, 1.165) is 23.3 Å². The molecule has 104 valence electrons. The highest BCUT2D eigenvalue weighted by Crippen LogP contribution is 2.23. The van der Waals surface area contributed by atoms with Crippen molar-refractivity contribution in [2.24, 2.45) is 5.92 Å². The third-order valence-corrected chi connectivity index (χ3v) is 4.38. The van der Waals surface area contributed by atoms with E-state index in [1.54, 1.807) is 0 Å². The van der Waals surface area contributed by atoms with Crippen LogP contribution in [0, 0.1) is 19.8 Å². The minimum Gasteiger partial charge on any atom is -0.362 e. The molecule has 1 saturated carbocycles. The molecule has 19 heavy (non-hydrogen) atoms. The van der Waals surface area contributed by atoms with Gasteiger partial charge in [0.1, 0.15) is 0 Å². The molecule has 3 heteroatoms. The smallest absolute Gasteiger partial charge is 0.170 e. The highest BCUT2D eigenvalue weighted by Gasteiger charge is 2.13. The lowest BCUT2D eigenvalue weighted by Crippen LogP contribution is -2.33. The molecule has 0 aliphatic heterocycles. The molecular weight excluding hydrogens is 252 g/mol. The Balaban J connectivity index is 1.82. The number of rotatable bonds is 3. The van der Waals surface area contributed by atoms with Crippen LogP contribution in [0.3, 0.4) is 0 Å². The molecule has 0 radical (unpaired) electrons. The molecule has 0 aromatic heterocycles. The number of thiocarbonyl (C=S) groups is 1. The Morgan fingerprint density at radius 3 is 2.68 bits per heavy atom. The summed E-state index contributed by atoms with van der Waals surface area (Å²) in [6.45, 7) is 5.26. The zero-order valence-corrected chi connectivity index (χ0v) is 12.8. The fourth-order valence-electron chi connectivity index (χ4n) is 2.68. The zero-order chi connectivity index (χ0) is 13.7. The Labute approximate surface area is 122 Å². The van der Waals surface area contributed by atoms with E-state index in [1.807, 2.05) is 0 Å². The fraction of sp³-hybridized carbons (Fsp3) is 0.562. The largest absolute Gasteiger partial charge is 0.362 e. The van der Waals surface area contributed by atoms with Crippen molar-refractivity contribution < 1.29 is 0 Å². The summed E-state index contributed by atoms with van der Waals surface area (Å²) in [4.78, 5) is 0. The van der Waals surface area contributed by atoms with Crippen LogP contribution < -0.4 is 10.6 Å². The highest BCUT2D eigenvalue weighted by molar-refractivity contribution is 7.80. The number of hydrogen-bond acceptors (Lipinski definition) is 1. The van der Waals surface area contributed by atoms with E-state index < -0.39 is 0 Å². The van der Waals surface area contributed by atoms with Gasteiger partial charge < -0.3 is 10.6 Å². The first kappa shape index (κ1) is 14.3. The third-order valence-electron chi connectivity index (χ3n) is 4.13. The van der Waals surface area contributed by atoms with Gasteiger partial charge in [0.15, 0.2) is 5.11 Å². The van der Waals surface area contributed by atoms with Crippen LogP contribution in [0.25, 0.3) is 0 Å². The van der Waals surface area contributed by atoms with Crippen molar-refractivity contribution in [3.8, 4) is 0 Å². The molecule has 0 atom stereocenters. The second kappa shape index (κ2) is 6.90. The first-order valence-corrected chi connectivity index (χ1v) is 7.68. The Bertz CT molecular complexity index is 436. The SMILES string of the molecule is Cc1cccc(NC(=S)NCC2CCCCC2)c1C. The summed E-state index contributed by atoms with van der Waals surface area (Å²) in [5, 5.41) is 7.43. The predicted octanol–water partition coefficient (Wildman–Crippen LogP) is 4.17. The van der Waals surface area contributed by atoms with E-state index in [-0.39, 0.29) is 0 Å². The zero-order valence-electron chi connectivity index (χ0n) is 12.0. The lowest BCUT2D eigenvalue weighted by Gasteiger charge is -2.23. The first-order valence-electron chi connectivity index (χ1n) is 7.28. The number of anilines is 1. The van der Waals surface area contributed by atoms with Gasteiger partial charge in [-0.05, 0) is 62.0 Å². The van der Waals surface area contributed by atoms with Crippen molar-refractivity contribution in [2.75, 3.05) is 11.9 Å². The first-order chi connectivity index (χ1) is 9.16. The van der Waals surface area contributed by atoms with Gasteiger partial charge in [-0.3, -0.25) is 0 Å². The summed E-state index contributed by atoms with van der Waals surface area (Å²) < 4.78 is 0. The van der Waals surface area contributed by atoms with E-state index in [2.05, 4.69) is 42.7 Å². The molecule has 2 N–H and O–H groups in total. The molecule has 1 aliphatic carbocycles. The van der Waals surface area contributed by atoms with Gasteiger partial charge in [0.2, 0.25) is 0 Å². The average Bonchev–Trinajstić information content (AvgIpc) is 2.43. The second-order valence-corrected chi connectivity index (χ2v) is 5.99. The molecule has 1 aliphatic rings. The van der Waals surface area contributed by atoms with E-state index in [1.165, 1.54) is 43.2 Å². The van der Waals surface area contributed by atoms with Gasteiger partial charge in [-0.15, -0.1) is 0 Å². The minimum absolute atomic E-state index is 0.749. The Kier molecular flexibility index (Phi) is 5.20. The summed E-state index contributed by atoms with van der Waals surface area (Å²) >= 11 is 5.39. The van der Waals surface area contributed by atoms with Crippen molar-refractivity contribution in [2.45, 2.75) is 46.0 Å². The molecule has 2 rings (SSSR count). The van der Waals surface area contributed by atoms with Crippen LogP contribution in [-0.2, 0) is 0 Å². The lowest BCUT2D eigenvalue weighted by molar-refractivity contribution is 0.357. The van der Waals surface area contributed by atoms with E-state index in [9.17, 15) is 0 Å². The van der Waals surface area contributed by atoms with E-state index in [0.29, 0.717) is 0 Å². The minimum atomic E-state index is 0.749. The van der Waals surface area contributed by atoms with Crippen LogP contribution in [0.15, 0.2) is 18.2 Å². The summed E-state index contributed by atoms with van der Waals surface area (Å²) in [6.07, 6.45) is 6.85. The summed E-state index contributed by atoms with van der Waals surface area (Å²) in [6, 6.07) is 6.27. The molecule has 0 amide bonds. The Morgan fingerprint density at radius 1 is 1.21 bits per heavy atom. The molecule has 0 bridgehead atoms. The van der Waals surface area contributed by atoms with Gasteiger partial charge in [-0.2, -0.15) is 0 Å². The molecule has 0 saturated heterocycles. The maximum absolute atomic E-state index is 5.39. The molecule has 0 unspecified atom stereocenters. The topological polar surface area (TPSA) is 24.1 Å². The molecule has 1 fully saturated rings. The third kappa shape index (κ3) is 4.20. The van der Waals surface area contributed by atoms with Gasteiger partial charge in [0.25, 0.3) is 0 Å². The van der Waals surface area contributed by atoms with Gasteiger partial charge in [-0.1, -0.05) is 31.4 Å². The van der Waals surface area contributed by atoms with Gasteiger partial charge >= 0.3 is 0 Å². The monoisotopic (exact) mass is 276 g/mol. The van der Waals surface area contributed by atoms with Crippen LogP contribution in [0.1, 0.15) is 43.2 Å². The fourth-order valence-corrected chi connectivity index (χ4v) is 2.87. The number of hydrogen-bond donors (Lipinski definition) is 2. The summed E-state index contributed by atoms with van der Waals surface area (Å²) in [5.41, 5.74) is 3.67. The van der Waals surface area contributed by atoms with Crippen LogP contribution in [0.5, 0.6) is 0 Å². The molecule has 0 heterocycles. The normalized spacial score (nSPS) is 16.1. The average molecular weight is 276 g/mol. The van der Waals surface area contributed by atoms with Gasteiger partial charge in [0.05, 0.1) is 0 Å². The van der Waals surface area contributed by atoms with Crippen molar-refractivity contribution in [1.29, 1.82) is 0 Å². The maximum atomic E-state index is 5.39. The van der Waals surface area contributed by atoms with E-state index in [4.69, 9.17) is 12.2 Å². The van der Waals surface area contributed by atoms with Crippen LogP contribution in [-0.4, -0.2) is 11.7 Å². The standard InChI is InChI=1S/C16H24N2S/c1-12-7-6-10-15(13(12)2)18-16(19)17-11-14-8-4-3-5-9-14/h6-7,10,14H,3-5,8-9,11H2,1-2H3,(H2,17,18,19). The van der Waals surface area contributed by atoms with Gasteiger partial charge in [0, 0.05) is 12.2 Å². The van der Waals surface area contributed by atoms with Crippen LogP contribution >= 0.6 is 12.2 Å².